The molecule has 0 bridgehead atoms. The van der Waals surface area contributed by atoms with Crippen molar-refractivity contribution in [2.45, 2.75) is 19.9 Å². The highest BCUT2D eigenvalue weighted by molar-refractivity contribution is 7.22. The third-order valence-electron chi connectivity index (χ3n) is 4.29. The quantitative estimate of drug-likeness (QED) is 0.516. The second-order valence-corrected chi connectivity index (χ2v) is 7.13. The van der Waals surface area contributed by atoms with Crippen LogP contribution in [0.3, 0.4) is 0 Å². The molecular formula is C21H18N4OS. The van der Waals surface area contributed by atoms with Gasteiger partial charge in [0.05, 0.1) is 23.0 Å². The Bertz CT molecular complexity index is 1060. The van der Waals surface area contributed by atoms with E-state index in [-0.39, 0.29) is 5.91 Å². The van der Waals surface area contributed by atoms with Gasteiger partial charge in [0.2, 0.25) is 0 Å². The topological polar surface area (TPSA) is 59.0 Å². The molecule has 0 atom stereocenters. The van der Waals surface area contributed by atoms with Crippen molar-refractivity contribution in [2.75, 3.05) is 4.90 Å². The largest absolute Gasteiger partial charge is 0.280 e. The molecule has 2 aromatic carbocycles. The van der Waals surface area contributed by atoms with Crippen LogP contribution >= 0.6 is 11.3 Å². The predicted molar refractivity (Wildman–Crippen MR) is 108 cm³/mol. The molecule has 0 fully saturated rings. The van der Waals surface area contributed by atoms with Gasteiger partial charge in [0.15, 0.2) is 5.13 Å². The molecule has 0 radical (unpaired) electrons. The van der Waals surface area contributed by atoms with Crippen LogP contribution in [0.15, 0.2) is 67.1 Å². The van der Waals surface area contributed by atoms with Gasteiger partial charge in [0, 0.05) is 12.4 Å². The number of thiazole rings is 1. The Kier molecular flexibility index (Phi) is 4.89. The first-order chi connectivity index (χ1) is 13.2. The Labute approximate surface area is 161 Å². The fourth-order valence-corrected chi connectivity index (χ4v) is 3.86. The number of aryl methyl sites for hydroxylation is 1. The van der Waals surface area contributed by atoms with Gasteiger partial charge in [-0.15, -0.1) is 0 Å². The van der Waals surface area contributed by atoms with Crippen molar-refractivity contribution in [3.63, 3.8) is 0 Å². The minimum Gasteiger partial charge on any atom is -0.278 e. The molecule has 0 aliphatic rings. The van der Waals surface area contributed by atoms with Gasteiger partial charge in [0.25, 0.3) is 5.91 Å². The number of aromatic nitrogens is 3. The number of carbonyl (C=O) groups excluding carboxylic acids is 1. The van der Waals surface area contributed by atoms with Crippen LogP contribution in [0.2, 0.25) is 0 Å². The Morgan fingerprint density at radius 2 is 1.93 bits per heavy atom. The molecule has 0 spiro atoms. The molecule has 0 aliphatic heterocycles. The lowest BCUT2D eigenvalue weighted by Gasteiger charge is -2.19. The molecule has 5 nitrogen and oxygen atoms in total. The van der Waals surface area contributed by atoms with Crippen LogP contribution in [0, 0.1) is 0 Å². The summed E-state index contributed by atoms with van der Waals surface area (Å²) >= 11 is 1.52. The van der Waals surface area contributed by atoms with Gasteiger partial charge < -0.3 is 0 Å². The summed E-state index contributed by atoms with van der Waals surface area (Å²) in [6, 6.07) is 16.1. The van der Waals surface area contributed by atoms with Crippen molar-refractivity contribution >= 4 is 32.6 Å². The summed E-state index contributed by atoms with van der Waals surface area (Å²) in [5.74, 6) is -0.207. The summed E-state index contributed by atoms with van der Waals surface area (Å²) in [7, 11) is 0. The second kappa shape index (κ2) is 7.63. The van der Waals surface area contributed by atoms with Crippen LogP contribution in [0.25, 0.3) is 10.2 Å². The lowest BCUT2D eigenvalue weighted by Crippen LogP contribution is -2.31. The predicted octanol–water partition coefficient (Wildman–Crippen LogP) is 4.50. The Morgan fingerprint density at radius 1 is 1.07 bits per heavy atom. The smallest absolute Gasteiger partial charge is 0.278 e. The minimum atomic E-state index is -0.207. The summed E-state index contributed by atoms with van der Waals surface area (Å²) < 4.78 is 1.08. The molecule has 0 saturated carbocycles. The monoisotopic (exact) mass is 374 g/mol. The van der Waals surface area contributed by atoms with E-state index in [9.17, 15) is 4.79 Å². The summed E-state index contributed by atoms with van der Waals surface area (Å²) in [5, 5.41) is 0.665. The highest BCUT2D eigenvalue weighted by Crippen LogP contribution is 2.31. The van der Waals surface area contributed by atoms with Crippen LogP contribution in [-0.4, -0.2) is 20.9 Å². The third kappa shape index (κ3) is 3.71. The zero-order chi connectivity index (χ0) is 18.6. The van der Waals surface area contributed by atoms with Crippen LogP contribution in [0.4, 0.5) is 5.13 Å². The number of rotatable bonds is 5. The lowest BCUT2D eigenvalue weighted by atomic mass is 10.2. The molecule has 4 rings (SSSR count). The number of fused-ring (bicyclic) bond motifs is 1. The van der Waals surface area contributed by atoms with Crippen LogP contribution in [0.5, 0.6) is 0 Å². The van der Waals surface area contributed by atoms with E-state index in [1.807, 2.05) is 36.4 Å². The van der Waals surface area contributed by atoms with Gasteiger partial charge >= 0.3 is 0 Å². The molecule has 0 N–H and O–H groups in total. The van der Waals surface area contributed by atoms with Crippen LogP contribution < -0.4 is 4.90 Å². The van der Waals surface area contributed by atoms with Gasteiger partial charge in [-0.3, -0.25) is 14.7 Å². The molecule has 0 aliphatic carbocycles. The molecule has 1 amide bonds. The van der Waals surface area contributed by atoms with E-state index in [0.717, 1.165) is 22.2 Å². The van der Waals surface area contributed by atoms with E-state index in [1.54, 1.807) is 11.1 Å². The van der Waals surface area contributed by atoms with E-state index >= 15 is 0 Å². The first-order valence-corrected chi connectivity index (χ1v) is 9.57. The molecule has 2 aromatic heterocycles. The normalized spacial score (nSPS) is 10.9. The van der Waals surface area contributed by atoms with Crippen molar-refractivity contribution in [1.82, 2.24) is 15.0 Å². The number of nitrogens with zero attached hydrogens (tertiary/aromatic N) is 4. The maximum absolute atomic E-state index is 13.1. The zero-order valence-electron chi connectivity index (χ0n) is 14.9. The minimum absolute atomic E-state index is 0.207. The first kappa shape index (κ1) is 17.3. The highest BCUT2D eigenvalue weighted by atomic mass is 32.1. The molecule has 0 unspecified atom stereocenters. The molecule has 0 saturated heterocycles. The van der Waals surface area contributed by atoms with E-state index in [4.69, 9.17) is 4.98 Å². The average Bonchev–Trinajstić information content (AvgIpc) is 3.15. The number of anilines is 1. The maximum atomic E-state index is 13.1. The molecular weight excluding hydrogens is 356 g/mol. The number of hydrogen-bond acceptors (Lipinski definition) is 5. The summed E-state index contributed by atoms with van der Waals surface area (Å²) in [5.41, 5.74) is 3.50. The van der Waals surface area contributed by atoms with Crippen molar-refractivity contribution in [3.05, 3.63) is 83.9 Å². The summed E-state index contributed by atoms with van der Waals surface area (Å²) in [6.45, 7) is 2.55. The fraction of sp³-hybridized carbons (Fsp3) is 0.143. The Morgan fingerprint density at radius 3 is 2.67 bits per heavy atom. The second-order valence-electron chi connectivity index (χ2n) is 6.12. The molecule has 2 heterocycles. The van der Waals surface area contributed by atoms with Gasteiger partial charge in [-0.1, -0.05) is 54.7 Å². The molecule has 27 heavy (non-hydrogen) atoms. The standard InChI is InChI=1S/C21H18N4OS/c1-2-15-8-9-17-19(12-15)27-21(24-17)25(14-16-6-4-3-5-7-16)20(26)18-13-22-10-11-23-18/h3-13H,2,14H2,1H3. The lowest BCUT2D eigenvalue weighted by molar-refractivity contribution is 0.0980. The van der Waals surface area contributed by atoms with Crippen molar-refractivity contribution in [3.8, 4) is 0 Å². The Hall–Kier alpha value is -3.12. The molecule has 6 heteroatoms. The Balaban J connectivity index is 1.76. The number of benzene rings is 2. The maximum Gasteiger partial charge on any atom is 0.280 e. The number of carbonyl (C=O) groups is 1. The molecule has 134 valence electrons. The van der Waals surface area contributed by atoms with E-state index in [0.29, 0.717) is 17.4 Å². The van der Waals surface area contributed by atoms with Crippen molar-refractivity contribution < 1.29 is 4.79 Å². The summed E-state index contributed by atoms with van der Waals surface area (Å²) in [6.07, 6.45) is 5.54. The van der Waals surface area contributed by atoms with Crippen LogP contribution in [0.1, 0.15) is 28.5 Å². The van der Waals surface area contributed by atoms with E-state index in [1.165, 1.54) is 29.3 Å². The summed E-state index contributed by atoms with van der Waals surface area (Å²) in [4.78, 5) is 27.7. The van der Waals surface area contributed by atoms with Crippen molar-refractivity contribution in [1.29, 1.82) is 0 Å². The zero-order valence-corrected chi connectivity index (χ0v) is 15.7. The van der Waals surface area contributed by atoms with Crippen LogP contribution in [-0.2, 0) is 13.0 Å². The van der Waals surface area contributed by atoms with E-state index < -0.39 is 0 Å². The average molecular weight is 374 g/mol. The van der Waals surface area contributed by atoms with Gasteiger partial charge in [0.1, 0.15) is 5.69 Å². The SMILES string of the molecule is CCc1ccc2nc(N(Cc3ccccc3)C(=O)c3cnccn3)sc2c1. The fourth-order valence-electron chi connectivity index (χ4n) is 2.83. The van der Waals surface area contributed by atoms with Crippen molar-refractivity contribution in [2.24, 2.45) is 0 Å². The third-order valence-corrected chi connectivity index (χ3v) is 5.33. The van der Waals surface area contributed by atoms with Gasteiger partial charge in [-0.2, -0.15) is 0 Å². The number of hydrogen-bond donors (Lipinski definition) is 0. The first-order valence-electron chi connectivity index (χ1n) is 8.76. The van der Waals surface area contributed by atoms with Gasteiger partial charge in [-0.05, 0) is 29.7 Å². The molecule has 4 aromatic rings. The highest BCUT2D eigenvalue weighted by Gasteiger charge is 2.23. The van der Waals surface area contributed by atoms with E-state index in [2.05, 4.69) is 29.0 Å². The van der Waals surface area contributed by atoms with Gasteiger partial charge in [-0.25, -0.2) is 9.97 Å². The number of amides is 1.